The number of nitrogens with zero attached hydrogens (tertiary/aromatic N) is 2. The molecule has 5 nitrogen and oxygen atoms in total. The molecule has 0 spiro atoms. The number of aromatic amines is 1. The summed E-state index contributed by atoms with van der Waals surface area (Å²) in [5.41, 5.74) is 1.65. The van der Waals surface area contributed by atoms with Crippen LogP contribution in [0.4, 0.5) is 0 Å². The minimum atomic E-state index is -0.000686. The van der Waals surface area contributed by atoms with Crippen molar-refractivity contribution in [2.75, 3.05) is 19.7 Å². The molecule has 110 valence electrons. The van der Waals surface area contributed by atoms with Crippen LogP contribution in [0, 0.1) is 5.92 Å². The Hall–Kier alpha value is -1.36. The SMILES string of the molecule is O=C(c1cc(C2CCCCC2)[nH]n1)N1CCC(CO)C1. The lowest BCUT2D eigenvalue weighted by Crippen LogP contribution is -2.29. The minimum Gasteiger partial charge on any atom is -0.396 e. The molecular weight excluding hydrogens is 254 g/mol. The standard InChI is InChI=1S/C15H23N3O2/c19-10-11-6-7-18(9-11)15(20)14-8-13(16-17-14)12-4-2-1-3-5-12/h8,11-12,19H,1-7,9-10H2,(H,16,17). The minimum absolute atomic E-state index is 0.000686. The van der Waals surface area contributed by atoms with E-state index in [4.69, 9.17) is 5.11 Å². The molecule has 1 aromatic heterocycles. The fourth-order valence-electron chi connectivity index (χ4n) is 3.40. The highest BCUT2D eigenvalue weighted by Gasteiger charge is 2.28. The number of hydrogen-bond donors (Lipinski definition) is 2. The van der Waals surface area contributed by atoms with E-state index in [0.29, 0.717) is 18.2 Å². The van der Waals surface area contributed by atoms with E-state index in [2.05, 4.69) is 10.2 Å². The van der Waals surface area contributed by atoms with Gasteiger partial charge in [0.1, 0.15) is 5.69 Å². The number of rotatable bonds is 3. The number of H-pyrrole nitrogens is 1. The van der Waals surface area contributed by atoms with Crippen molar-refractivity contribution in [3.63, 3.8) is 0 Å². The van der Waals surface area contributed by atoms with Crippen LogP contribution in [-0.2, 0) is 0 Å². The third-order valence-electron chi connectivity index (χ3n) is 4.69. The molecule has 0 radical (unpaired) electrons. The Kier molecular flexibility index (Phi) is 4.05. The van der Waals surface area contributed by atoms with E-state index >= 15 is 0 Å². The number of hydrogen-bond acceptors (Lipinski definition) is 3. The topological polar surface area (TPSA) is 69.2 Å². The van der Waals surface area contributed by atoms with Gasteiger partial charge in [0.05, 0.1) is 0 Å². The number of aliphatic hydroxyl groups is 1. The molecule has 1 aliphatic heterocycles. The number of carbonyl (C=O) groups excluding carboxylic acids is 1. The summed E-state index contributed by atoms with van der Waals surface area (Å²) >= 11 is 0. The van der Waals surface area contributed by atoms with Crippen molar-refractivity contribution in [1.82, 2.24) is 15.1 Å². The summed E-state index contributed by atoms with van der Waals surface area (Å²) in [6.07, 6.45) is 7.17. The lowest BCUT2D eigenvalue weighted by Gasteiger charge is -2.19. The molecule has 1 atom stereocenters. The largest absolute Gasteiger partial charge is 0.396 e. The first kappa shape index (κ1) is 13.6. The highest BCUT2D eigenvalue weighted by Crippen LogP contribution is 2.31. The summed E-state index contributed by atoms with van der Waals surface area (Å²) in [7, 11) is 0. The van der Waals surface area contributed by atoms with Gasteiger partial charge in [-0.25, -0.2) is 0 Å². The molecule has 1 saturated heterocycles. The van der Waals surface area contributed by atoms with Gasteiger partial charge in [-0.1, -0.05) is 19.3 Å². The first-order valence-corrected chi connectivity index (χ1v) is 7.73. The maximum absolute atomic E-state index is 12.4. The van der Waals surface area contributed by atoms with Crippen molar-refractivity contribution < 1.29 is 9.90 Å². The molecule has 1 unspecified atom stereocenters. The smallest absolute Gasteiger partial charge is 0.274 e. The second kappa shape index (κ2) is 5.95. The third-order valence-corrected chi connectivity index (χ3v) is 4.69. The average Bonchev–Trinajstić information content (AvgIpc) is 3.17. The molecule has 1 aromatic rings. The molecule has 5 heteroatoms. The molecule has 2 heterocycles. The lowest BCUT2D eigenvalue weighted by molar-refractivity contribution is 0.0776. The van der Waals surface area contributed by atoms with E-state index in [-0.39, 0.29) is 18.4 Å². The third kappa shape index (κ3) is 2.73. The quantitative estimate of drug-likeness (QED) is 0.886. The van der Waals surface area contributed by atoms with Crippen molar-refractivity contribution in [3.8, 4) is 0 Å². The zero-order valence-corrected chi connectivity index (χ0v) is 11.8. The van der Waals surface area contributed by atoms with Gasteiger partial charge in [-0.15, -0.1) is 0 Å². The molecular formula is C15H23N3O2. The number of carbonyl (C=O) groups is 1. The zero-order chi connectivity index (χ0) is 13.9. The monoisotopic (exact) mass is 277 g/mol. The fraction of sp³-hybridized carbons (Fsp3) is 0.733. The van der Waals surface area contributed by atoms with Gasteiger partial charge in [0, 0.05) is 37.2 Å². The van der Waals surface area contributed by atoms with E-state index in [9.17, 15) is 4.79 Å². The lowest BCUT2D eigenvalue weighted by atomic mass is 9.87. The normalized spacial score (nSPS) is 24.2. The predicted molar refractivity (Wildman–Crippen MR) is 75.5 cm³/mol. The van der Waals surface area contributed by atoms with Crippen LogP contribution >= 0.6 is 0 Å². The Morgan fingerprint density at radius 1 is 1.35 bits per heavy atom. The van der Waals surface area contributed by atoms with Crippen LogP contribution in [0.25, 0.3) is 0 Å². The van der Waals surface area contributed by atoms with Crippen LogP contribution in [0.1, 0.15) is 60.6 Å². The van der Waals surface area contributed by atoms with E-state index < -0.39 is 0 Å². The molecule has 2 aliphatic rings. The van der Waals surface area contributed by atoms with Crippen LogP contribution in [0.5, 0.6) is 0 Å². The average molecular weight is 277 g/mol. The van der Waals surface area contributed by atoms with Crippen molar-refractivity contribution in [3.05, 3.63) is 17.5 Å². The van der Waals surface area contributed by atoms with Crippen molar-refractivity contribution in [2.24, 2.45) is 5.92 Å². The zero-order valence-electron chi connectivity index (χ0n) is 11.8. The Labute approximate surface area is 119 Å². The summed E-state index contributed by atoms with van der Waals surface area (Å²) in [5.74, 6) is 0.775. The Balaban J connectivity index is 1.65. The molecule has 3 rings (SSSR count). The van der Waals surface area contributed by atoms with Gasteiger partial charge in [0.2, 0.25) is 0 Å². The number of nitrogens with one attached hydrogen (secondary N) is 1. The Bertz CT molecular complexity index is 465. The van der Waals surface area contributed by atoms with Crippen LogP contribution in [0.3, 0.4) is 0 Å². The van der Waals surface area contributed by atoms with E-state index in [0.717, 1.165) is 18.7 Å². The van der Waals surface area contributed by atoms with Crippen LogP contribution in [0.2, 0.25) is 0 Å². The maximum Gasteiger partial charge on any atom is 0.274 e. The van der Waals surface area contributed by atoms with Crippen molar-refractivity contribution >= 4 is 5.91 Å². The summed E-state index contributed by atoms with van der Waals surface area (Å²) in [6, 6.07) is 1.94. The summed E-state index contributed by atoms with van der Waals surface area (Å²) in [6.45, 7) is 1.55. The van der Waals surface area contributed by atoms with Gasteiger partial charge >= 0.3 is 0 Å². The van der Waals surface area contributed by atoms with E-state index in [1.807, 2.05) is 11.0 Å². The fourth-order valence-corrected chi connectivity index (χ4v) is 3.40. The first-order valence-electron chi connectivity index (χ1n) is 7.73. The molecule has 1 saturated carbocycles. The summed E-state index contributed by atoms with van der Waals surface area (Å²) < 4.78 is 0. The second-order valence-electron chi connectivity index (χ2n) is 6.13. The van der Waals surface area contributed by atoms with E-state index in [1.54, 1.807) is 0 Å². The Morgan fingerprint density at radius 3 is 2.85 bits per heavy atom. The maximum atomic E-state index is 12.4. The van der Waals surface area contributed by atoms with Gasteiger partial charge in [0.25, 0.3) is 5.91 Å². The van der Waals surface area contributed by atoms with Gasteiger partial charge in [-0.2, -0.15) is 5.10 Å². The second-order valence-corrected chi connectivity index (χ2v) is 6.13. The number of likely N-dealkylation sites (tertiary alicyclic amines) is 1. The van der Waals surface area contributed by atoms with Gasteiger partial charge in [-0.05, 0) is 25.3 Å². The number of amides is 1. The van der Waals surface area contributed by atoms with Crippen LogP contribution in [0.15, 0.2) is 6.07 Å². The first-order chi connectivity index (χ1) is 9.78. The molecule has 2 N–H and O–H groups in total. The van der Waals surface area contributed by atoms with Gasteiger partial charge in [0.15, 0.2) is 0 Å². The van der Waals surface area contributed by atoms with Crippen molar-refractivity contribution in [2.45, 2.75) is 44.4 Å². The predicted octanol–water partition coefficient (Wildman–Crippen LogP) is 1.91. The molecule has 2 fully saturated rings. The van der Waals surface area contributed by atoms with Crippen LogP contribution < -0.4 is 0 Å². The van der Waals surface area contributed by atoms with Crippen LogP contribution in [-0.4, -0.2) is 45.8 Å². The summed E-state index contributed by atoms with van der Waals surface area (Å²) in [5, 5.41) is 16.4. The van der Waals surface area contributed by atoms with Gasteiger partial charge < -0.3 is 10.0 Å². The molecule has 1 amide bonds. The summed E-state index contributed by atoms with van der Waals surface area (Å²) in [4.78, 5) is 14.2. The number of aromatic nitrogens is 2. The highest BCUT2D eigenvalue weighted by atomic mass is 16.3. The highest BCUT2D eigenvalue weighted by molar-refractivity contribution is 5.92. The van der Waals surface area contributed by atoms with E-state index in [1.165, 1.54) is 32.1 Å². The molecule has 0 bridgehead atoms. The molecule has 0 aromatic carbocycles. The van der Waals surface area contributed by atoms with Gasteiger partial charge in [-0.3, -0.25) is 9.89 Å². The molecule has 20 heavy (non-hydrogen) atoms. The number of aliphatic hydroxyl groups excluding tert-OH is 1. The van der Waals surface area contributed by atoms with Crippen molar-refractivity contribution in [1.29, 1.82) is 0 Å². The molecule has 1 aliphatic carbocycles. The Morgan fingerprint density at radius 2 is 2.15 bits per heavy atom.